The molecule has 0 aliphatic rings. The maximum absolute atomic E-state index is 12.0. The van der Waals surface area contributed by atoms with Crippen molar-refractivity contribution in [1.82, 2.24) is 10.4 Å². The molecule has 0 fully saturated rings. The van der Waals surface area contributed by atoms with E-state index in [4.69, 9.17) is 9.15 Å². The van der Waals surface area contributed by atoms with Gasteiger partial charge >= 0.3 is 5.91 Å². The van der Waals surface area contributed by atoms with Crippen LogP contribution in [-0.4, -0.2) is 24.2 Å². The van der Waals surface area contributed by atoms with Gasteiger partial charge in [-0.15, -0.1) is 0 Å². The molecule has 1 N–H and O–H groups in total. The molecule has 0 unspecified atom stereocenters. The molecule has 2 aromatic heterocycles. The van der Waals surface area contributed by atoms with E-state index in [-0.39, 0.29) is 5.76 Å². The zero-order valence-corrected chi connectivity index (χ0v) is 11.8. The lowest BCUT2D eigenvalue weighted by molar-refractivity contribution is 0.0929. The molecule has 2 heterocycles. The number of furan rings is 1. The third-order valence-corrected chi connectivity index (χ3v) is 3.02. The largest absolute Gasteiger partial charge is 0.493 e. The van der Waals surface area contributed by atoms with E-state index in [9.17, 15) is 4.79 Å². The highest BCUT2D eigenvalue weighted by molar-refractivity contribution is 5.97. The van der Waals surface area contributed by atoms with Crippen molar-refractivity contribution in [2.24, 2.45) is 5.10 Å². The highest BCUT2D eigenvalue weighted by Crippen LogP contribution is 2.28. The van der Waals surface area contributed by atoms with Gasteiger partial charge in [0, 0.05) is 23.3 Å². The number of rotatable bonds is 4. The van der Waals surface area contributed by atoms with Gasteiger partial charge in [0.25, 0.3) is 0 Å². The highest BCUT2D eigenvalue weighted by atomic mass is 16.5. The second-order valence-electron chi connectivity index (χ2n) is 4.47. The van der Waals surface area contributed by atoms with Gasteiger partial charge in [-0.25, -0.2) is 5.43 Å². The van der Waals surface area contributed by atoms with E-state index in [1.165, 1.54) is 6.21 Å². The summed E-state index contributed by atoms with van der Waals surface area (Å²) in [4.78, 5) is 16.0. The van der Waals surface area contributed by atoms with Crippen molar-refractivity contribution in [3.63, 3.8) is 0 Å². The number of carbonyl (C=O) groups is 1. The van der Waals surface area contributed by atoms with Gasteiger partial charge < -0.3 is 9.15 Å². The number of para-hydroxylation sites is 1. The van der Waals surface area contributed by atoms with Crippen LogP contribution < -0.4 is 10.2 Å². The van der Waals surface area contributed by atoms with Gasteiger partial charge in [0.1, 0.15) is 0 Å². The summed E-state index contributed by atoms with van der Waals surface area (Å²) in [5, 5.41) is 4.67. The number of nitrogens with zero attached hydrogens (tertiary/aromatic N) is 2. The minimum atomic E-state index is -0.432. The van der Waals surface area contributed by atoms with Crippen LogP contribution in [0.5, 0.6) is 5.75 Å². The van der Waals surface area contributed by atoms with Crippen LogP contribution in [0.1, 0.15) is 16.1 Å². The summed E-state index contributed by atoms with van der Waals surface area (Å²) in [6.07, 6.45) is 4.81. The number of aromatic nitrogens is 1. The number of amides is 1. The zero-order valence-electron chi connectivity index (χ0n) is 11.8. The molecule has 3 rings (SSSR count). The number of hydrazone groups is 1. The van der Waals surface area contributed by atoms with Crippen molar-refractivity contribution in [2.75, 3.05) is 7.11 Å². The van der Waals surface area contributed by atoms with E-state index in [0.29, 0.717) is 11.3 Å². The van der Waals surface area contributed by atoms with Crippen molar-refractivity contribution in [1.29, 1.82) is 0 Å². The molecule has 0 bridgehead atoms. The molecule has 0 saturated carbocycles. The SMILES string of the molecule is COc1cccc2cc(C(=O)N/N=C\c3cccnc3)oc12. The first-order valence-corrected chi connectivity index (χ1v) is 6.58. The minimum Gasteiger partial charge on any atom is -0.493 e. The summed E-state index contributed by atoms with van der Waals surface area (Å²) in [6.45, 7) is 0. The Bertz CT molecular complexity index is 825. The molecular weight excluding hydrogens is 282 g/mol. The van der Waals surface area contributed by atoms with Crippen LogP contribution in [0.3, 0.4) is 0 Å². The number of pyridine rings is 1. The van der Waals surface area contributed by atoms with Crippen molar-refractivity contribution >= 4 is 23.1 Å². The topological polar surface area (TPSA) is 76.7 Å². The fourth-order valence-corrected chi connectivity index (χ4v) is 1.98. The second-order valence-corrected chi connectivity index (χ2v) is 4.47. The molecule has 6 nitrogen and oxygen atoms in total. The molecule has 0 saturated heterocycles. The number of methoxy groups -OCH3 is 1. The smallest absolute Gasteiger partial charge is 0.307 e. The monoisotopic (exact) mass is 295 g/mol. The first-order chi connectivity index (χ1) is 10.8. The van der Waals surface area contributed by atoms with Crippen molar-refractivity contribution in [2.45, 2.75) is 0 Å². The van der Waals surface area contributed by atoms with Crippen molar-refractivity contribution in [3.05, 3.63) is 60.1 Å². The lowest BCUT2D eigenvalue weighted by atomic mass is 10.2. The van der Waals surface area contributed by atoms with Crippen LogP contribution in [0, 0.1) is 0 Å². The Balaban J connectivity index is 1.76. The lowest BCUT2D eigenvalue weighted by Gasteiger charge is -1.98. The first-order valence-electron chi connectivity index (χ1n) is 6.58. The molecular formula is C16H13N3O3. The molecule has 1 aromatic carbocycles. The number of hydrogen-bond donors (Lipinski definition) is 1. The van der Waals surface area contributed by atoms with Gasteiger partial charge in [0.05, 0.1) is 13.3 Å². The average Bonchev–Trinajstić information content (AvgIpc) is 3.00. The van der Waals surface area contributed by atoms with Crippen LogP contribution in [0.15, 0.2) is 58.3 Å². The Labute approximate surface area is 126 Å². The summed E-state index contributed by atoms with van der Waals surface area (Å²) >= 11 is 0. The molecule has 110 valence electrons. The molecule has 0 spiro atoms. The number of ether oxygens (including phenoxy) is 1. The third-order valence-electron chi connectivity index (χ3n) is 3.02. The molecule has 0 radical (unpaired) electrons. The molecule has 1 amide bonds. The van der Waals surface area contributed by atoms with E-state index in [1.54, 1.807) is 37.7 Å². The summed E-state index contributed by atoms with van der Waals surface area (Å²) in [5.74, 6) is 0.316. The standard InChI is InChI=1S/C16H13N3O3/c1-21-13-6-2-5-12-8-14(22-15(12)13)16(20)19-18-10-11-4-3-7-17-9-11/h2-10H,1H3,(H,19,20)/b18-10-. The van der Waals surface area contributed by atoms with Gasteiger partial charge in [-0.05, 0) is 18.2 Å². The number of hydrogen-bond acceptors (Lipinski definition) is 5. The number of carbonyl (C=O) groups excluding carboxylic acids is 1. The Morgan fingerprint density at radius 3 is 3.05 bits per heavy atom. The van der Waals surface area contributed by atoms with Crippen LogP contribution in [0.2, 0.25) is 0 Å². The van der Waals surface area contributed by atoms with Crippen LogP contribution in [0.4, 0.5) is 0 Å². The maximum atomic E-state index is 12.0. The van der Waals surface area contributed by atoms with Crippen molar-refractivity contribution < 1.29 is 13.9 Å². The molecule has 0 atom stereocenters. The van der Waals surface area contributed by atoms with Crippen LogP contribution in [0.25, 0.3) is 11.0 Å². The summed E-state index contributed by atoms with van der Waals surface area (Å²) in [5.41, 5.74) is 3.73. The lowest BCUT2D eigenvalue weighted by Crippen LogP contribution is -2.16. The normalized spacial score (nSPS) is 11.0. The quantitative estimate of drug-likeness (QED) is 0.593. The van der Waals surface area contributed by atoms with Gasteiger partial charge in [-0.2, -0.15) is 5.10 Å². The predicted molar refractivity (Wildman–Crippen MR) is 82.1 cm³/mol. The fraction of sp³-hybridized carbons (Fsp3) is 0.0625. The first kappa shape index (κ1) is 13.8. The Kier molecular flexibility index (Phi) is 3.82. The van der Waals surface area contributed by atoms with E-state index in [2.05, 4.69) is 15.5 Å². The number of fused-ring (bicyclic) bond motifs is 1. The molecule has 0 aliphatic heterocycles. The van der Waals surface area contributed by atoms with E-state index in [0.717, 1.165) is 10.9 Å². The highest BCUT2D eigenvalue weighted by Gasteiger charge is 2.14. The average molecular weight is 295 g/mol. The van der Waals surface area contributed by atoms with Crippen LogP contribution in [-0.2, 0) is 0 Å². The Morgan fingerprint density at radius 2 is 2.27 bits per heavy atom. The zero-order chi connectivity index (χ0) is 15.4. The van der Waals surface area contributed by atoms with Gasteiger partial charge in [0.15, 0.2) is 17.1 Å². The van der Waals surface area contributed by atoms with E-state index < -0.39 is 5.91 Å². The molecule has 0 aliphatic carbocycles. The second kappa shape index (κ2) is 6.09. The number of nitrogens with one attached hydrogen (secondary N) is 1. The minimum absolute atomic E-state index is 0.169. The van der Waals surface area contributed by atoms with E-state index in [1.807, 2.05) is 18.2 Å². The molecule has 3 aromatic rings. The van der Waals surface area contributed by atoms with Crippen molar-refractivity contribution in [3.8, 4) is 5.75 Å². The van der Waals surface area contributed by atoms with E-state index >= 15 is 0 Å². The Hall–Kier alpha value is -3.15. The van der Waals surface area contributed by atoms with Gasteiger partial charge in [0.2, 0.25) is 0 Å². The summed E-state index contributed by atoms with van der Waals surface area (Å²) in [7, 11) is 1.55. The summed E-state index contributed by atoms with van der Waals surface area (Å²) in [6, 6.07) is 10.7. The molecule has 6 heteroatoms. The maximum Gasteiger partial charge on any atom is 0.307 e. The van der Waals surface area contributed by atoms with Crippen LogP contribution >= 0.6 is 0 Å². The third kappa shape index (κ3) is 2.80. The van der Waals surface area contributed by atoms with Gasteiger partial charge in [-0.1, -0.05) is 18.2 Å². The Morgan fingerprint density at radius 1 is 1.36 bits per heavy atom. The predicted octanol–water partition coefficient (Wildman–Crippen LogP) is 2.60. The van der Waals surface area contributed by atoms with Gasteiger partial charge in [-0.3, -0.25) is 9.78 Å². The molecule has 22 heavy (non-hydrogen) atoms. The summed E-state index contributed by atoms with van der Waals surface area (Å²) < 4.78 is 10.7. The number of benzene rings is 1. The fourth-order valence-electron chi connectivity index (χ4n) is 1.98.